The van der Waals surface area contributed by atoms with Crippen molar-refractivity contribution < 1.29 is 9.90 Å². The highest BCUT2D eigenvalue weighted by Gasteiger charge is 2.14. The first-order chi connectivity index (χ1) is 12.1. The first-order valence-corrected chi connectivity index (χ1v) is 8.50. The van der Waals surface area contributed by atoms with Crippen LogP contribution in [0.3, 0.4) is 0 Å². The molecule has 6 nitrogen and oxygen atoms in total. The Morgan fingerprint density at radius 1 is 1.11 bits per heavy atom. The zero-order chi connectivity index (χ0) is 17.4. The number of hydrogen-bond donors (Lipinski definition) is 2. The number of anilines is 2. The van der Waals surface area contributed by atoms with Crippen molar-refractivity contribution in [2.45, 2.75) is 6.92 Å². The molecule has 3 aromatic heterocycles. The molecule has 0 radical (unpaired) electrons. The van der Waals surface area contributed by atoms with Gasteiger partial charge in [0.15, 0.2) is 5.13 Å². The van der Waals surface area contributed by atoms with E-state index in [-0.39, 0.29) is 39.5 Å². The molecule has 27 heavy (non-hydrogen) atoms. The highest BCUT2D eigenvalue weighted by molar-refractivity contribution is 8.93. The van der Waals surface area contributed by atoms with Gasteiger partial charge in [-0.25, -0.2) is 14.8 Å². The average molecular weight is 512 g/mol. The molecule has 0 saturated carbocycles. The second-order valence-electron chi connectivity index (χ2n) is 5.52. The van der Waals surface area contributed by atoms with Gasteiger partial charge in [0.25, 0.3) is 0 Å². The predicted octanol–water partition coefficient (Wildman–Crippen LogP) is 5.36. The fourth-order valence-corrected chi connectivity index (χ4v) is 3.40. The minimum absolute atomic E-state index is 0. The quantitative estimate of drug-likeness (QED) is 0.385. The molecule has 2 N–H and O–H groups in total. The van der Waals surface area contributed by atoms with Gasteiger partial charge >= 0.3 is 5.97 Å². The first-order valence-electron chi connectivity index (χ1n) is 7.62. The molecule has 140 valence electrons. The molecule has 0 atom stereocenters. The number of pyridine rings is 1. The van der Waals surface area contributed by atoms with Crippen molar-refractivity contribution >= 4 is 67.7 Å². The van der Waals surface area contributed by atoms with Crippen LogP contribution >= 0.6 is 45.3 Å². The highest BCUT2D eigenvalue weighted by Crippen LogP contribution is 2.29. The maximum absolute atomic E-state index is 10.9. The molecule has 0 saturated heterocycles. The lowest BCUT2D eigenvalue weighted by molar-refractivity contribution is 0.0697. The van der Waals surface area contributed by atoms with Gasteiger partial charge in [-0.3, -0.25) is 4.40 Å². The molecule has 0 spiro atoms. The molecule has 0 aliphatic rings. The van der Waals surface area contributed by atoms with Gasteiger partial charge in [-0.15, -0.1) is 45.3 Å². The van der Waals surface area contributed by atoms with Crippen molar-refractivity contribution in [3.05, 3.63) is 65.3 Å². The SMILES string of the molecule is Br.Br.Cc1nc2ccccn2c1-c1csc(Nc2ccc(C(=O)O)cc2)n1. The maximum Gasteiger partial charge on any atom is 0.335 e. The van der Waals surface area contributed by atoms with E-state index in [1.165, 1.54) is 11.3 Å². The van der Waals surface area contributed by atoms with Gasteiger partial charge in [0.05, 0.1) is 17.0 Å². The van der Waals surface area contributed by atoms with Crippen LogP contribution in [0.2, 0.25) is 0 Å². The van der Waals surface area contributed by atoms with E-state index in [4.69, 9.17) is 5.11 Å². The van der Waals surface area contributed by atoms with E-state index in [1.54, 1.807) is 24.3 Å². The Morgan fingerprint density at radius 2 is 1.85 bits per heavy atom. The molecular weight excluding hydrogens is 496 g/mol. The van der Waals surface area contributed by atoms with E-state index in [0.717, 1.165) is 33.5 Å². The molecule has 9 heteroatoms. The molecule has 0 aliphatic carbocycles. The van der Waals surface area contributed by atoms with Crippen LogP contribution in [-0.4, -0.2) is 25.4 Å². The van der Waals surface area contributed by atoms with Gasteiger partial charge in [-0.2, -0.15) is 0 Å². The second kappa shape index (κ2) is 8.64. The maximum atomic E-state index is 10.9. The van der Waals surface area contributed by atoms with Crippen LogP contribution in [0, 0.1) is 6.92 Å². The summed E-state index contributed by atoms with van der Waals surface area (Å²) in [5, 5.41) is 14.9. The van der Waals surface area contributed by atoms with Gasteiger partial charge in [-0.1, -0.05) is 6.07 Å². The van der Waals surface area contributed by atoms with E-state index >= 15 is 0 Å². The Bertz CT molecular complexity index is 1080. The van der Waals surface area contributed by atoms with E-state index < -0.39 is 5.97 Å². The summed E-state index contributed by atoms with van der Waals surface area (Å²) in [5.41, 5.74) is 4.69. The summed E-state index contributed by atoms with van der Waals surface area (Å²) in [7, 11) is 0. The number of hydrogen-bond acceptors (Lipinski definition) is 5. The molecule has 0 bridgehead atoms. The van der Waals surface area contributed by atoms with Crippen LogP contribution in [0.5, 0.6) is 0 Å². The topological polar surface area (TPSA) is 79.5 Å². The third kappa shape index (κ3) is 4.20. The van der Waals surface area contributed by atoms with Crippen molar-refractivity contribution in [3.63, 3.8) is 0 Å². The number of nitrogens with zero attached hydrogens (tertiary/aromatic N) is 3. The number of halogens is 2. The van der Waals surface area contributed by atoms with Crippen molar-refractivity contribution in [1.29, 1.82) is 0 Å². The second-order valence-corrected chi connectivity index (χ2v) is 6.38. The lowest BCUT2D eigenvalue weighted by Gasteiger charge is -2.03. The van der Waals surface area contributed by atoms with Gasteiger partial charge in [-0.05, 0) is 43.3 Å². The fraction of sp³-hybridized carbons (Fsp3) is 0.0556. The van der Waals surface area contributed by atoms with E-state index in [9.17, 15) is 4.79 Å². The van der Waals surface area contributed by atoms with Crippen molar-refractivity contribution in [3.8, 4) is 11.4 Å². The molecule has 1 aromatic carbocycles. The lowest BCUT2D eigenvalue weighted by Crippen LogP contribution is -1.96. The van der Waals surface area contributed by atoms with E-state index in [0.29, 0.717) is 0 Å². The van der Waals surface area contributed by atoms with Crippen LogP contribution in [0.1, 0.15) is 16.1 Å². The molecule has 0 amide bonds. The number of carboxylic acids is 1. The number of carbonyl (C=O) groups is 1. The number of carboxylic acid groups (broad SMARTS) is 1. The average Bonchev–Trinajstić information content (AvgIpc) is 3.18. The van der Waals surface area contributed by atoms with Crippen molar-refractivity contribution in [1.82, 2.24) is 14.4 Å². The Kier molecular flexibility index (Phi) is 6.74. The van der Waals surface area contributed by atoms with Crippen LogP contribution in [-0.2, 0) is 0 Å². The van der Waals surface area contributed by atoms with Gasteiger partial charge in [0.2, 0.25) is 0 Å². The lowest BCUT2D eigenvalue weighted by atomic mass is 10.2. The summed E-state index contributed by atoms with van der Waals surface area (Å²) in [5.74, 6) is -0.939. The number of aryl methyl sites for hydroxylation is 1. The monoisotopic (exact) mass is 510 g/mol. The molecular formula is C18H16Br2N4O2S. The Labute approximate surface area is 180 Å². The number of nitrogens with one attached hydrogen (secondary N) is 1. The third-order valence-corrected chi connectivity index (χ3v) is 4.59. The van der Waals surface area contributed by atoms with E-state index in [2.05, 4.69) is 15.3 Å². The number of rotatable bonds is 4. The summed E-state index contributed by atoms with van der Waals surface area (Å²) in [4.78, 5) is 20.1. The number of fused-ring (bicyclic) bond motifs is 1. The summed E-state index contributed by atoms with van der Waals surface area (Å²) < 4.78 is 2.02. The molecule has 0 unspecified atom stereocenters. The Balaban J connectivity index is 0.00000131. The zero-order valence-electron chi connectivity index (χ0n) is 14.1. The zero-order valence-corrected chi connectivity index (χ0v) is 18.4. The van der Waals surface area contributed by atoms with E-state index in [1.807, 2.05) is 41.1 Å². The Hall–Kier alpha value is -2.23. The third-order valence-electron chi connectivity index (χ3n) is 3.83. The number of aromatic carboxylic acids is 1. The first kappa shape index (κ1) is 21.1. The molecule has 0 fully saturated rings. The summed E-state index contributed by atoms with van der Waals surface area (Å²) in [6.07, 6.45) is 1.97. The minimum atomic E-state index is -0.939. The molecule has 3 heterocycles. The van der Waals surface area contributed by atoms with Crippen molar-refractivity contribution in [2.24, 2.45) is 0 Å². The largest absolute Gasteiger partial charge is 0.478 e. The van der Waals surface area contributed by atoms with Crippen LogP contribution in [0.15, 0.2) is 54.0 Å². The standard InChI is InChI=1S/C18H14N4O2S.2BrH/c1-11-16(22-9-3-2-4-15(22)19-11)14-10-25-18(21-14)20-13-7-5-12(6-8-13)17(23)24;;/h2-10H,1H3,(H,20,21)(H,23,24);2*1H. The number of aromatic nitrogens is 3. The van der Waals surface area contributed by atoms with Gasteiger partial charge < -0.3 is 10.4 Å². The molecule has 4 aromatic rings. The predicted molar refractivity (Wildman–Crippen MR) is 118 cm³/mol. The highest BCUT2D eigenvalue weighted by atomic mass is 79.9. The van der Waals surface area contributed by atoms with Crippen molar-refractivity contribution in [2.75, 3.05) is 5.32 Å². The molecule has 0 aliphatic heterocycles. The summed E-state index contributed by atoms with van der Waals surface area (Å²) in [6, 6.07) is 12.5. The molecule has 4 rings (SSSR count). The Morgan fingerprint density at radius 3 is 2.56 bits per heavy atom. The number of benzene rings is 1. The summed E-state index contributed by atoms with van der Waals surface area (Å²) in [6.45, 7) is 1.97. The summed E-state index contributed by atoms with van der Waals surface area (Å²) >= 11 is 1.49. The van der Waals surface area contributed by atoms with Gasteiger partial charge in [0.1, 0.15) is 11.3 Å². The minimum Gasteiger partial charge on any atom is -0.478 e. The fourth-order valence-electron chi connectivity index (χ4n) is 2.68. The number of imidazole rings is 1. The number of thiazole rings is 1. The van der Waals surface area contributed by atoms with Crippen LogP contribution < -0.4 is 5.32 Å². The van der Waals surface area contributed by atoms with Gasteiger partial charge in [0, 0.05) is 17.3 Å². The normalized spacial score (nSPS) is 10.1. The van der Waals surface area contributed by atoms with Crippen LogP contribution in [0.25, 0.3) is 17.0 Å². The van der Waals surface area contributed by atoms with Crippen LogP contribution in [0.4, 0.5) is 10.8 Å². The smallest absolute Gasteiger partial charge is 0.335 e.